The number of benzene rings is 1. The van der Waals surface area contributed by atoms with Gasteiger partial charge in [-0.2, -0.15) is 10.5 Å². The Hall–Kier alpha value is -3.13. The molecule has 132 valence electrons. The van der Waals surface area contributed by atoms with Crippen LogP contribution >= 0.6 is 0 Å². The number of carbonyl (C=O) groups is 2. The summed E-state index contributed by atoms with van der Waals surface area (Å²) in [5, 5.41) is 19.7. The monoisotopic (exact) mass is 347 g/mol. The van der Waals surface area contributed by atoms with E-state index in [1.807, 2.05) is 6.07 Å². The number of hydrogen-bond acceptors (Lipinski definition) is 6. The van der Waals surface area contributed by atoms with Crippen LogP contribution in [0.1, 0.15) is 31.9 Å². The lowest BCUT2D eigenvalue weighted by atomic mass is 10.0. The van der Waals surface area contributed by atoms with E-state index < -0.39 is 36.1 Å². The molecule has 25 heavy (non-hydrogen) atoms. The van der Waals surface area contributed by atoms with Crippen molar-refractivity contribution in [2.45, 2.75) is 38.8 Å². The Kier molecular flexibility index (Phi) is 6.89. The van der Waals surface area contributed by atoms with Gasteiger partial charge in [0.05, 0.1) is 11.6 Å². The predicted molar refractivity (Wildman–Crippen MR) is 84.5 cm³/mol. The molecule has 1 amide bonds. The molecule has 0 spiro atoms. The molecule has 7 nitrogen and oxygen atoms in total. The molecule has 0 aromatic heterocycles. The van der Waals surface area contributed by atoms with Crippen molar-refractivity contribution in [3.05, 3.63) is 35.1 Å². The first-order valence-electron chi connectivity index (χ1n) is 7.38. The number of halogens is 1. The minimum absolute atomic E-state index is 0.0500. The fourth-order valence-electron chi connectivity index (χ4n) is 1.87. The average molecular weight is 347 g/mol. The molecule has 0 unspecified atom stereocenters. The maximum atomic E-state index is 13.9. The van der Waals surface area contributed by atoms with Gasteiger partial charge in [-0.3, -0.25) is 0 Å². The highest BCUT2D eigenvalue weighted by molar-refractivity contribution is 5.82. The van der Waals surface area contributed by atoms with E-state index in [-0.39, 0.29) is 17.5 Å². The summed E-state index contributed by atoms with van der Waals surface area (Å²) in [6, 6.07) is 5.89. The third-order valence-electron chi connectivity index (χ3n) is 2.85. The number of nitriles is 2. The van der Waals surface area contributed by atoms with Gasteiger partial charge in [0, 0.05) is 6.42 Å². The minimum atomic E-state index is -1.27. The van der Waals surface area contributed by atoms with E-state index in [0.29, 0.717) is 0 Å². The topological polar surface area (TPSA) is 112 Å². The first kappa shape index (κ1) is 19.9. The van der Waals surface area contributed by atoms with Crippen LogP contribution in [0.25, 0.3) is 0 Å². The molecule has 0 aliphatic heterocycles. The molecule has 0 fully saturated rings. The Morgan fingerprint density at radius 3 is 2.56 bits per heavy atom. The molecule has 0 saturated heterocycles. The van der Waals surface area contributed by atoms with Crippen LogP contribution in [0, 0.1) is 28.5 Å². The van der Waals surface area contributed by atoms with Crippen LogP contribution in [0.3, 0.4) is 0 Å². The molecule has 0 aliphatic rings. The maximum Gasteiger partial charge on any atom is 0.408 e. The maximum absolute atomic E-state index is 13.9. The summed E-state index contributed by atoms with van der Waals surface area (Å²) in [7, 11) is 0. The van der Waals surface area contributed by atoms with Crippen LogP contribution in [0.15, 0.2) is 18.2 Å². The zero-order valence-electron chi connectivity index (χ0n) is 14.1. The molecule has 0 aliphatic carbocycles. The highest BCUT2D eigenvalue weighted by atomic mass is 19.1. The van der Waals surface area contributed by atoms with Gasteiger partial charge in [0.1, 0.15) is 23.5 Å². The van der Waals surface area contributed by atoms with Gasteiger partial charge in [-0.05, 0) is 44.5 Å². The van der Waals surface area contributed by atoms with Crippen molar-refractivity contribution in [1.82, 2.24) is 5.32 Å². The summed E-state index contributed by atoms with van der Waals surface area (Å²) in [6.45, 7) is 4.43. The van der Waals surface area contributed by atoms with Gasteiger partial charge in [-0.1, -0.05) is 0 Å². The lowest BCUT2D eigenvalue weighted by molar-refractivity contribution is -0.144. The number of alkyl carbamates (subject to hydrolysis) is 1. The van der Waals surface area contributed by atoms with E-state index in [4.69, 9.17) is 20.0 Å². The quantitative estimate of drug-likeness (QED) is 0.817. The number of amides is 1. The Morgan fingerprint density at radius 2 is 2.00 bits per heavy atom. The molecule has 0 bridgehead atoms. The van der Waals surface area contributed by atoms with Crippen molar-refractivity contribution in [2.24, 2.45) is 0 Å². The molecular formula is C17H18FN3O4. The van der Waals surface area contributed by atoms with Gasteiger partial charge in [-0.15, -0.1) is 0 Å². The number of ether oxygens (including phenoxy) is 2. The molecule has 0 saturated carbocycles. The van der Waals surface area contributed by atoms with E-state index in [1.165, 1.54) is 12.1 Å². The van der Waals surface area contributed by atoms with Gasteiger partial charge in [0.25, 0.3) is 0 Å². The minimum Gasteiger partial charge on any atom is -0.449 e. The van der Waals surface area contributed by atoms with Gasteiger partial charge in [0.2, 0.25) is 0 Å². The molecule has 1 atom stereocenters. The summed E-state index contributed by atoms with van der Waals surface area (Å²) in [5.41, 5.74) is -0.538. The smallest absolute Gasteiger partial charge is 0.408 e. The van der Waals surface area contributed by atoms with Crippen molar-refractivity contribution in [2.75, 3.05) is 6.61 Å². The van der Waals surface area contributed by atoms with Crippen LogP contribution in [-0.4, -0.2) is 30.3 Å². The highest BCUT2D eigenvalue weighted by Gasteiger charge is 2.27. The lowest BCUT2D eigenvalue weighted by Gasteiger charge is -2.23. The van der Waals surface area contributed by atoms with E-state index in [1.54, 1.807) is 26.8 Å². The Labute approximate surface area is 144 Å². The molecule has 1 aromatic rings. The molecular weight excluding hydrogens is 329 g/mol. The van der Waals surface area contributed by atoms with Gasteiger partial charge >= 0.3 is 12.1 Å². The van der Waals surface area contributed by atoms with Crippen molar-refractivity contribution in [1.29, 1.82) is 10.5 Å². The summed E-state index contributed by atoms with van der Waals surface area (Å²) in [5.74, 6) is -1.54. The third-order valence-corrected chi connectivity index (χ3v) is 2.85. The first-order valence-corrected chi connectivity index (χ1v) is 7.38. The predicted octanol–water partition coefficient (Wildman–Crippen LogP) is 2.20. The van der Waals surface area contributed by atoms with Crippen LogP contribution in [0.4, 0.5) is 9.18 Å². The van der Waals surface area contributed by atoms with Crippen LogP contribution in [-0.2, 0) is 20.7 Å². The second-order valence-corrected chi connectivity index (χ2v) is 6.09. The number of nitrogens with zero attached hydrogens (tertiary/aromatic N) is 2. The van der Waals surface area contributed by atoms with E-state index in [9.17, 15) is 14.0 Å². The average Bonchev–Trinajstić information content (AvgIpc) is 2.52. The summed E-state index contributed by atoms with van der Waals surface area (Å²) >= 11 is 0. The zero-order chi connectivity index (χ0) is 19.0. The fraction of sp³-hybridized carbons (Fsp3) is 0.412. The molecule has 1 rings (SSSR count). The van der Waals surface area contributed by atoms with Gasteiger partial charge in [0.15, 0.2) is 6.61 Å². The largest absolute Gasteiger partial charge is 0.449 e. The molecule has 0 heterocycles. The SMILES string of the molecule is CC(C)(C)OC(=O)N[C@@H](Cc1cc(C#N)ccc1F)C(=O)OCC#N. The second-order valence-electron chi connectivity index (χ2n) is 6.09. The van der Waals surface area contributed by atoms with Crippen molar-refractivity contribution in [3.63, 3.8) is 0 Å². The number of rotatable bonds is 5. The number of esters is 1. The molecule has 1 aromatic carbocycles. The Bertz CT molecular complexity index is 729. The Morgan fingerprint density at radius 1 is 1.32 bits per heavy atom. The number of carbonyl (C=O) groups excluding carboxylic acids is 2. The number of nitrogens with one attached hydrogen (secondary N) is 1. The summed E-state index contributed by atoms with van der Waals surface area (Å²) in [6.07, 6.45) is -1.14. The van der Waals surface area contributed by atoms with Crippen LogP contribution in [0.5, 0.6) is 0 Å². The van der Waals surface area contributed by atoms with Crippen molar-refractivity contribution in [3.8, 4) is 12.1 Å². The van der Waals surface area contributed by atoms with Crippen molar-refractivity contribution >= 4 is 12.1 Å². The van der Waals surface area contributed by atoms with E-state index in [2.05, 4.69) is 5.32 Å². The second kappa shape index (κ2) is 8.65. The van der Waals surface area contributed by atoms with Gasteiger partial charge in [-0.25, -0.2) is 14.0 Å². The standard InChI is InChI=1S/C17H18FN3O4/c1-17(2,3)25-16(23)21-14(15(22)24-7-6-19)9-12-8-11(10-20)4-5-13(12)18/h4-5,8,14H,7,9H2,1-3H3,(H,21,23)/t14-/m0/s1. The molecule has 8 heteroatoms. The molecule has 1 N–H and O–H groups in total. The zero-order valence-corrected chi connectivity index (χ0v) is 14.1. The van der Waals surface area contributed by atoms with E-state index >= 15 is 0 Å². The van der Waals surface area contributed by atoms with Crippen LogP contribution in [0.2, 0.25) is 0 Å². The summed E-state index contributed by atoms with van der Waals surface area (Å²) in [4.78, 5) is 23.9. The first-order chi connectivity index (χ1) is 11.7. The summed E-state index contributed by atoms with van der Waals surface area (Å²) < 4.78 is 23.7. The van der Waals surface area contributed by atoms with Crippen molar-refractivity contribution < 1.29 is 23.5 Å². The molecule has 0 radical (unpaired) electrons. The fourth-order valence-corrected chi connectivity index (χ4v) is 1.87. The number of hydrogen-bond donors (Lipinski definition) is 1. The van der Waals surface area contributed by atoms with Gasteiger partial charge < -0.3 is 14.8 Å². The third kappa shape index (κ3) is 6.88. The van der Waals surface area contributed by atoms with Crippen LogP contribution < -0.4 is 5.32 Å². The highest BCUT2D eigenvalue weighted by Crippen LogP contribution is 2.14. The van der Waals surface area contributed by atoms with E-state index in [0.717, 1.165) is 6.07 Å². The Balaban J connectivity index is 2.99. The normalized spacial score (nSPS) is 11.6. The lowest BCUT2D eigenvalue weighted by Crippen LogP contribution is -2.45.